The zero-order valence-corrected chi connectivity index (χ0v) is 15.5. The van der Waals surface area contributed by atoms with Gasteiger partial charge < -0.3 is 5.32 Å². The number of nitro benzene ring substituents is 1. The zero-order valence-electron chi connectivity index (χ0n) is 13.9. The maximum atomic E-state index is 12.2. The summed E-state index contributed by atoms with van der Waals surface area (Å²) in [5, 5.41) is 14.8. The second-order valence-electron chi connectivity index (χ2n) is 5.72. The normalized spacial score (nSPS) is 17.0. The summed E-state index contributed by atoms with van der Waals surface area (Å²) < 4.78 is 0. The fraction of sp³-hybridized carbons (Fsp3) is 0.111. The Kier molecular flexibility index (Phi) is 5.11. The standard InChI is InChI=1S/C18H14ClN3O3S/c1-10-4-6-13(19)9-14(10)20-18-21-17(23)16(26-18)8-12-5-3-11(2)15(7-12)22(24)25/h3-9H,1-2H3,(H,20,21,23)/b16-8-. The van der Waals surface area contributed by atoms with Gasteiger partial charge >= 0.3 is 0 Å². The average Bonchev–Trinajstić information content (AvgIpc) is 2.92. The third kappa shape index (κ3) is 3.95. The molecule has 26 heavy (non-hydrogen) atoms. The Morgan fingerprint density at radius 2 is 1.92 bits per heavy atom. The van der Waals surface area contributed by atoms with Gasteiger partial charge in [0.05, 0.1) is 15.5 Å². The lowest BCUT2D eigenvalue weighted by atomic mass is 10.1. The fourth-order valence-corrected chi connectivity index (χ4v) is 3.36. The van der Waals surface area contributed by atoms with E-state index in [1.165, 1.54) is 17.8 Å². The molecule has 1 N–H and O–H groups in total. The van der Waals surface area contributed by atoms with E-state index in [9.17, 15) is 14.9 Å². The number of nitrogens with one attached hydrogen (secondary N) is 1. The Hall–Kier alpha value is -2.64. The van der Waals surface area contributed by atoms with Crippen LogP contribution in [0.1, 0.15) is 16.7 Å². The van der Waals surface area contributed by atoms with Gasteiger partial charge in [0.1, 0.15) is 0 Å². The van der Waals surface area contributed by atoms with Crippen LogP contribution in [0.3, 0.4) is 0 Å². The van der Waals surface area contributed by atoms with Gasteiger partial charge in [-0.1, -0.05) is 29.8 Å². The van der Waals surface area contributed by atoms with E-state index in [4.69, 9.17) is 11.6 Å². The molecule has 3 rings (SSSR count). The molecular formula is C18H14ClN3O3S. The van der Waals surface area contributed by atoms with Crippen molar-refractivity contribution in [1.82, 2.24) is 5.32 Å². The molecule has 1 aliphatic heterocycles. The first-order valence-corrected chi connectivity index (χ1v) is 8.84. The predicted molar refractivity (Wildman–Crippen MR) is 105 cm³/mol. The Morgan fingerprint density at radius 3 is 2.65 bits per heavy atom. The Morgan fingerprint density at radius 1 is 1.19 bits per heavy atom. The Labute approximate surface area is 159 Å². The molecule has 0 aromatic heterocycles. The average molecular weight is 388 g/mol. The quantitative estimate of drug-likeness (QED) is 0.467. The maximum absolute atomic E-state index is 12.2. The highest BCUT2D eigenvalue weighted by atomic mass is 35.5. The number of nitro groups is 1. The van der Waals surface area contributed by atoms with Gasteiger partial charge in [-0.25, -0.2) is 4.99 Å². The Balaban J connectivity index is 1.89. The number of rotatable bonds is 3. The summed E-state index contributed by atoms with van der Waals surface area (Å²) in [7, 11) is 0. The van der Waals surface area contributed by atoms with E-state index in [1.54, 1.807) is 37.3 Å². The summed E-state index contributed by atoms with van der Waals surface area (Å²) in [5.41, 5.74) is 2.78. The van der Waals surface area contributed by atoms with Crippen molar-refractivity contribution in [3.05, 3.63) is 73.1 Å². The number of aliphatic imine (C=N–C) groups is 1. The number of hydrogen-bond donors (Lipinski definition) is 1. The highest BCUT2D eigenvalue weighted by Crippen LogP contribution is 2.31. The van der Waals surface area contributed by atoms with Gasteiger partial charge in [-0.2, -0.15) is 0 Å². The number of hydrogen-bond acceptors (Lipinski definition) is 5. The minimum atomic E-state index is -0.436. The summed E-state index contributed by atoms with van der Waals surface area (Å²) in [6, 6.07) is 10.2. The van der Waals surface area contributed by atoms with E-state index < -0.39 is 4.92 Å². The summed E-state index contributed by atoms with van der Waals surface area (Å²) in [6.07, 6.45) is 1.61. The number of nitrogens with zero attached hydrogens (tertiary/aromatic N) is 2. The van der Waals surface area contributed by atoms with Crippen LogP contribution in [0.4, 0.5) is 11.4 Å². The second-order valence-corrected chi connectivity index (χ2v) is 7.18. The lowest BCUT2D eigenvalue weighted by molar-refractivity contribution is -0.385. The first-order valence-electron chi connectivity index (χ1n) is 7.64. The first kappa shape index (κ1) is 18.2. The van der Waals surface area contributed by atoms with Crippen molar-refractivity contribution in [2.45, 2.75) is 13.8 Å². The van der Waals surface area contributed by atoms with Crippen LogP contribution in [0, 0.1) is 24.0 Å². The molecule has 6 nitrogen and oxygen atoms in total. The van der Waals surface area contributed by atoms with Gasteiger partial charge in [0.25, 0.3) is 11.6 Å². The highest BCUT2D eigenvalue weighted by Gasteiger charge is 2.24. The van der Waals surface area contributed by atoms with Crippen LogP contribution in [0.25, 0.3) is 6.08 Å². The topological polar surface area (TPSA) is 84.6 Å². The lowest BCUT2D eigenvalue weighted by Crippen LogP contribution is -2.19. The molecule has 1 fully saturated rings. The molecule has 0 atom stereocenters. The number of carbonyl (C=O) groups excluding carboxylic acids is 1. The third-order valence-electron chi connectivity index (χ3n) is 3.77. The number of halogens is 1. The summed E-state index contributed by atoms with van der Waals surface area (Å²) in [5.74, 6) is -0.295. The SMILES string of the molecule is Cc1ccc(Cl)cc1N=C1NC(=O)/C(=C/c2ccc(C)c([N+](=O)[O-])c2)S1. The van der Waals surface area contributed by atoms with Gasteiger partial charge in [0.2, 0.25) is 0 Å². The van der Waals surface area contributed by atoms with Crippen LogP contribution >= 0.6 is 23.4 Å². The van der Waals surface area contributed by atoms with Crippen LogP contribution < -0.4 is 5.32 Å². The Bertz CT molecular complexity index is 986. The minimum absolute atomic E-state index is 0.0196. The smallest absolute Gasteiger partial charge is 0.272 e. The van der Waals surface area contributed by atoms with E-state index >= 15 is 0 Å². The number of amidine groups is 1. The van der Waals surface area contributed by atoms with Gasteiger partial charge in [0, 0.05) is 16.7 Å². The fourth-order valence-electron chi connectivity index (χ4n) is 2.36. The number of benzene rings is 2. The molecule has 0 radical (unpaired) electrons. The predicted octanol–water partition coefficient (Wildman–Crippen LogP) is 4.76. The molecular weight excluding hydrogens is 374 g/mol. The zero-order chi connectivity index (χ0) is 18.8. The lowest BCUT2D eigenvalue weighted by Gasteiger charge is -2.01. The summed E-state index contributed by atoms with van der Waals surface area (Å²) in [4.78, 5) is 27.7. The highest BCUT2D eigenvalue weighted by molar-refractivity contribution is 8.18. The van der Waals surface area contributed by atoms with Gasteiger partial charge in [-0.15, -0.1) is 0 Å². The molecule has 2 aromatic rings. The summed E-state index contributed by atoms with van der Waals surface area (Å²) in [6.45, 7) is 3.57. The molecule has 132 valence electrons. The van der Waals surface area contributed by atoms with Gasteiger partial charge in [-0.05, 0) is 54.9 Å². The summed E-state index contributed by atoms with van der Waals surface area (Å²) >= 11 is 7.17. The monoisotopic (exact) mass is 387 g/mol. The van der Waals surface area contributed by atoms with E-state index in [2.05, 4.69) is 10.3 Å². The molecule has 2 aromatic carbocycles. The molecule has 0 spiro atoms. The van der Waals surface area contributed by atoms with E-state index in [1.807, 2.05) is 13.0 Å². The molecule has 0 saturated carbocycles. The van der Waals surface area contributed by atoms with Crippen LogP contribution in [0.5, 0.6) is 0 Å². The number of carbonyl (C=O) groups is 1. The number of thioether (sulfide) groups is 1. The molecule has 0 unspecified atom stereocenters. The maximum Gasteiger partial charge on any atom is 0.272 e. The minimum Gasteiger partial charge on any atom is -0.300 e. The van der Waals surface area contributed by atoms with E-state index in [0.29, 0.717) is 31.9 Å². The van der Waals surface area contributed by atoms with Crippen molar-refractivity contribution in [3.8, 4) is 0 Å². The van der Waals surface area contributed by atoms with Gasteiger partial charge in [-0.3, -0.25) is 14.9 Å². The van der Waals surface area contributed by atoms with Crippen LogP contribution in [-0.2, 0) is 4.79 Å². The van der Waals surface area contributed by atoms with Crippen LogP contribution in [-0.4, -0.2) is 16.0 Å². The number of amides is 1. The van der Waals surface area contributed by atoms with Crippen molar-refractivity contribution >= 4 is 51.9 Å². The molecule has 8 heteroatoms. The number of aryl methyl sites for hydroxylation is 2. The second kappa shape index (κ2) is 7.31. The van der Waals surface area contributed by atoms with E-state index in [0.717, 1.165) is 5.56 Å². The van der Waals surface area contributed by atoms with Crippen molar-refractivity contribution < 1.29 is 9.72 Å². The van der Waals surface area contributed by atoms with Crippen molar-refractivity contribution in [1.29, 1.82) is 0 Å². The molecule has 0 bridgehead atoms. The molecule has 1 saturated heterocycles. The third-order valence-corrected chi connectivity index (χ3v) is 4.92. The largest absolute Gasteiger partial charge is 0.300 e. The van der Waals surface area contributed by atoms with Gasteiger partial charge in [0.15, 0.2) is 5.17 Å². The van der Waals surface area contributed by atoms with Crippen LogP contribution in [0.2, 0.25) is 5.02 Å². The van der Waals surface area contributed by atoms with Crippen molar-refractivity contribution in [2.24, 2.45) is 4.99 Å². The molecule has 1 amide bonds. The first-order chi connectivity index (χ1) is 12.3. The molecule has 1 heterocycles. The van der Waals surface area contributed by atoms with Crippen molar-refractivity contribution in [3.63, 3.8) is 0 Å². The van der Waals surface area contributed by atoms with Crippen LogP contribution in [0.15, 0.2) is 46.3 Å². The molecule has 1 aliphatic rings. The van der Waals surface area contributed by atoms with Crippen molar-refractivity contribution in [2.75, 3.05) is 0 Å². The molecule has 0 aliphatic carbocycles. The van der Waals surface area contributed by atoms with E-state index in [-0.39, 0.29) is 11.6 Å².